The van der Waals surface area contributed by atoms with E-state index in [9.17, 15) is 0 Å². The van der Waals surface area contributed by atoms with Gasteiger partial charge in [-0.25, -0.2) is 9.97 Å². The van der Waals surface area contributed by atoms with Gasteiger partial charge in [-0.3, -0.25) is 4.68 Å². The van der Waals surface area contributed by atoms with E-state index in [0.717, 1.165) is 36.7 Å². The second kappa shape index (κ2) is 6.17. The Bertz CT molecular complexity index is 521. The van der Waals surface area contributed by atoms with E-state index < -0.39 is 0 Å². The molecule has 0 bridgehead atoms. The van der Waals surface area contributed by atoms with Crippen molar-refractivity contribution in [1.82, 2.24) is 19.7 Å². The lowest BCUT2D eigenvalue weighted by atomic mass is 10.3. The fraction of sp³-hybridized carbons (Fsp3) is 0.462. The summed E-state index contributed by atoms with van der Waals surface area (Å²) >= 11 is 0. The lowest BCUT2D eigenvalue weighted by Crippen LogP contribution is -2.18. The van der Waals surface area contributed by atoms with Crippen molar-refractivity contribution in [1.29, 1.82) is 0 Å². The van der Waals surface area contributed by atoms with Gasteiger partial charge in [0.25, 0.3) is 0 Å². The maximum absolute atomic E-state index is 4.30. The van der Waals surface area contributed by atoms with Crippen LogP contribution in [0.1, 0.15) is 18.9 Å². The number of rotatable bonds is 6. The van der Waals surface area contributed by atoms with Crippen LogP contribution < -0.4 is 10.2 Å². The van der Waals surface area contributed by atoms with Gasteiger partial charge in [-0.15, -0.1) is 0 Å². The van der Waals surface area contributed by atoms with Crippen LogP contribution in [-0.4, -0.2) is 33.3 Å². The molecule has 0 atom stereocenters. The Hall–Kier alpha value is -2.11. The SMILES string of the molecule is CCCNc1cc(N(C)Cc2cnn(C)c2)ncn1. The van der Waals surface area contributed by atoms with Crippen LogP contribution in [0.4, 0.5) is 11.6 Å². The molecule has 2 aromatic rings. The van der Waals surface area contributed by atoms with Gasteiger partial charge in [0.1, 0.15) is 18.0 Å². The van der Waals surface area contributed by atoms with Gasteiger partial charge in [-0.2, -0.15) is 5.10 Å². The standard InChI is InChI=1S/C13H20N6/c1-4-5-14-12-6-13(16-10-15-12)18(2)8-11-7-17-19(3)9-11/h6-7,9-10H,4-5,8H2,1-3H3,(H,14,15,16). The lowest BCUT2D eigenvalue weighted by Gasteiger charge is -2.17. The van der Waals surface area contributed by atoms with Crippen molar-refractivity contribution < 1.29 is 0 Å². The zero-order chi connectivity index (χ0) is 13.7. The van der Waals surface area contributed by atoms with Gasteiger partial charge in [0.15, 0.2) is 0 Å². The maximum Gasteiger partial charge on any atom is 0.134 e. The molecule has 1 N–H and O–H groups in total. The Kier molecular flexibility index (Phi) is 4.33. The van der Waals surface area contributed by atoms with Crippen LogP contribution in [-0.2, 0) is 13.6 Å². The Morgan fingerprint density at radius 3 is 2.89 bits per heavy atom. The van der Waals surface area contributed by atoms with Gasteiger partial charge < -0.3 is 10.2 Å². The van der Waals surface area contributed by atoms with Gasteiger partial charge in [0.2, 0.25) is 0 Å². The van der Waals surface area contributed by atoms with E-state index in [2.05, 4.69) is 32.2 Å². The highest BCUT2D eigenvalue weighted by molar-refractivity contribution is 5.48. The number of hydrogen-bond donors (Lipinski definition) is 1. The van der Waals surface area contributed by atoms with E-state index in [4.69, 9.17) is 0 Å². The lowest BCUT2D eigenvalue weighted by molar-refractivity contribution is 0.766. The molecule has 0 unspecified atom stereocenters. The van der Waals surface area contributed by atoms with Gasteiger partial charge in [-0.1, -0.05) is 6.92 Å². The number of hydrogen-bond acceptors (Lipinski definition) is 5. The van der Waals surface area contributed by atoms with Crippen LogP contribution in [0.2, 0.25) is 0 Å². The van der Waals surface area contributed by atoms with E-state index in [1.807, 2.05) is 32.6 Å². The third-order valence-corrected chi connectivity index (χ3v) is 2.78. The molecule has 0 radical (unpaired) electrons. The molecule has 102 valence electrons. The first-order chi connectivity index (χ1) is 9.19. The highest BCUT2D eigenvalue weighted by atomic mass is 15.2. The second-order valence-electron chi connectivity index (χ2n) is 4.57. The van der Waals surface area contributed by atoms with Crippen molar-refractivity contribution in [2.45, 2.75) is 19.9 Å². The fourth-order valence-electron chi connectivity index (χ4n) is 1.81. The summed E-state index contributed by atoms with van der Waals surface area (Å²) in [6.45, 7) is 3.82. The first-order valence-corrected chi connectivity index (χ1v) is 6.43. The summed E-state index contributed by atoms with van der Waals surface area (Å²) < 4.78 is 1.80. The molecule has 6 heteroatoms. The average molecular weight is 260 g/mol. The van der Waals surface area contributed by atoms with Crippen molar-refractivity contribution in [3.05, 3.63) is 30.4 Å². The molecule has 0 saturated heterocycles. The number of anilines is 2. The number of aromatic nitrogens is 4. The van der Waals surface area contributed by atoms with E-state index >= 15 is 0 Å². The first kappa shape index (κ1) is 13.3. The molecule has 0 aliphatic heterocycles. The monoisotopic (exact) mass is 260 g/mol. The predicted octanol–water partition coefficient (Wildman–Crippen LogP) is 1.67. The van der Waals surface area contributed by atoms with Crippen molar-refractivity contribution in [3.8, 4) is 0 Å². The summed E-state index contributed by atoms with van der Waals surface area (Å²) in [4.78, 5) is 10.6. The Balaban J connectivity index is 2.03. The summed E-state index contributed by atoms with van der Waals surface area (Å²) in [5.41, 5.74) is 1.16. The van der Waals surface area contributed by atoms with Crippen LogP contribution in [0.3, 0.4) is 0 Å². The van der Waals surface area contributed by atoms with Gasteiger partial charge in [-0.05, 0) is 6.42 Å². The molecule has 0 fully saturated rings. The van der Waals surface area contributed by atoms with Crippen molar-refractivity contribution in [3.63, 3.8) is 0 Å². The first-order valence-electron chi connectivity index (χ1n) is 6.43. The fourth-order valence-corrected chi connectivity index (χ4v) is 1.81. The normalized spacial score (nSPS) is 10.5. The van der Waals surface area contributed by atoms with Gasteiger partial charge in [0.05, 0.1) is 6.20 Å². The molecule has 0 aliphatic rings. The molecular weight excluding hydrogens is 240 g/mol. The summed E-state index contributed by atoms with van der Waals surface area (Å²) in [5, 5.41) is 7.43. The van der Waals surface area contributed by atoms with Crippen LogP contribution in [0, 0.1) is 0 Å². The van der Waals surface area contributed by atoms with E-state index in [1.165, 1.54) is 0 Å². The molecule has 19 heavy (non-hydrogen) atoms. The molecule has 0 amide bonds. The smallest absolute Gasteiger partial charge is 0.134 e. The zero-order valence-electron chi connectivity index (χ0n) is 11.7. The molecule has 0 aliphatic carbocycles. The Morgan fingerprint density at radius 2 is 2.21 bits per heavy atom. The van der Waals surface area contributed by atoms with E-state index in [0.29, 0.717) is 0 Å². The number of aryl methyl sites for hydroxylation is 1. The molecule has 2 aromatic heterocycles. The average Bonchev–Trinajstić information content (AvgIpc) is 2.82. The largest absolute Gasteiger partial charge is 0.370 e. The van der Waals surface area contributed by atoms with E-state index in [-0.39, 0.29) is 0 Å². The topological polar surface area (TPSA) is 58.9 Å². The third-order valence-electron chi connectivity index (χ3n) is 2.78. The van der Waals surface area contributed by atoms with E-state index in [1.54, 1.807) is 11.0 Å². The number of nitrogens with zero attached hydrogens (tertiary/aromatic N) is 5. The summed E-state index contributed by atoms with van der Waals surface area (Å²) in [6, 6.07) is 1.96. The molecule has 2 heterocycles. The highest BCUT2D eigenvalue weighted by Gasteiger charge is 2.06. The summed E-state index contributed by atoms with van der Waals surface area (Å²) in [6.07, 6.45) is 6.54. The minimum Gasteiger partial charge on any atom is -0.370 e. The van der Waals surface area contributed by atoms with Crippen LogP contribution in [0.15, 0.2) is 24.8 Å². The quantitative estimate of drug-likeness (QED) is 0.856. The second-order valence-corrected chi connectivity index (χ2v) is 4.57. The molecule has 0 spiro atoms. The number of nitrogens with one attached hydrogen (secondary N) is 1. The third kappa shape index (κ3) is 3.67. The molecule has 6 nitrogen and oxygen atoms in total. The predicted molar refractivity (Wildman–Crippen MR) is 76.1 cm³/mol. The molecule has 2 rings (SSSR count). The molecule has 0 saturated carbocycles. The molecular formula is C13H20N6. The Morgan fingerprint density at radius 1 is 1.37 bits per heavy atom. The van der Waals surface area contributed by atoms with Crippen molar-refractivity contribution >= 4 is 11.6 Å². The summed E-state index contributed by atoms with van der Waals surface area (Å²) in [5.74, 6) is 1.77. The van der Waals surface area contributed by atoms with Crippen LogP contribution in [0.25, 0.3) is 0 Å². The maximum atomic E-state index is 4.30. The van der Waals surface area contributed by atoms with Crippen LogP contribution in [0.5, 0.6) is 0 Å². The van der Waals surface area contributed by atoms with Crippen LogP contribution >= 0.6 is 0 Å². The Labute approximate surface area is 113 Å². The van der Waals surface area contributed by atoms with Crippen molar-refractivity contribution in [2.24, 2.45) is 7.05 Å². The van der Waals surface area contributed by atoms with Gasteiger partial charge >= 0.3 is 0 Å². The molecule has 0 aromatic carbocycles. The summed E-state index contributed by atoms with van der Waals surface area (Å²) in [7, 11) is 3.93. The zero-order valence-corrected chi connectivity index (χ0v) is 11.7. The van der Waals surface area contributed by atoms with Crippen molar-refractivity contribution in [2.75, 3.05) is 23.8 Å². The minimum absolute atomic E-state index is 0.776. The minimum atomic E-state index is 0.776. The van der Waals surface area contributed by atoms with Gasteiger partial charge in [0, 0.05) is 45.0 Å². The highest BCUT2D eigenvalue weighted by Crippen LogP contribution is 2.15.